The predicted octanol–water partition coefficient (Wildman–Crippen LogP) is 3.12. The number of nitrogens with zero attached hydrogens (tertiary/aromatic N) is 1. The molecule has 2 amide bonds. The van der Waals surface area contributed by atoms with Gasteiger partial charge in [0, 0.05) is 31.1 Å². The maximum absolute atomic E-state index is 12.6. The molecule has 2 aromatic carbocycles. The van der Waals surface area contributed by atoms with Gasteiger partial charge in [0.15, 0.2) is 0 Å². The number of benzene rings is 2. The Morgan fingerprint density at radius 1 is 0.966 bits per heavy atom. The number of nitrogens with one attached hydrogen (secondary N) is 1. The molecule has 0 atom stereocenters. The van der Waals surface area contributed by atoms with E-state index in [0.29, 0.717) is 43.6 Å². The van der Waals surface area contributed by atoms with Gasteiger partial charge in [0.25, 0.3) is 0 Å². The second kappa shape index (κ2) is 9.87. The van der Waals surface area contributed by atoms with Gasteiger partial charge in [-0.15, -0.1) is 0 Å². The molecule has 2 aromatic rings. The number of amides is 2. The number of likely N-dealkylation sites (tertiary alicyclic amines) is 1. The molecule has 152 valence electrons. The van der Waals surface area contributed by atoms with Crippen LogP contribution in [-0.4, -0.2) is 40.9 Å². The first-order valence-corrected chi connectivity index (χ1v) is 9.95. The van der Waals surface area contributed by atoms with Gasteiger partial charge < -0.3 is 15.3 Å². The Labute approximate surface area is 170 Å². The summed E-state index contributed by atoms with van der Waals surface area (Å²) in [6.07, 6.45) is 2.29. The van der Waals surface area contributed by atoms with E-state index < -0.39 is 5.97 Å². The molecule has 1 aliphatic rings. The van der Waals surface area contributed by atoms with Crippen molar-refractivity contribution in [2.75, 3.05) is 18.4 Å². The Kier molecular flexibility index (Phi) is 7.00. The first-order valence-electron chi connectivity index (χ1n) is 9.95. The molecule has 0 aromatic heterocycles. The summed E-state index contributed by atoms with van der Waals surface area (Å²) in [5.41, 5.74) is 2.28. The molecule has 3 rings (SSSR count). The van der Waals surface area contributed by atoms with Crippen LogP contribution in [0, 0.1) is 5.92 Å². The highest BCUT2D eigenvalue weighted by molar-refractivity contribution is 5.94. The van der Waals surface area contributed by atoms with Crippen molar-refractivity contribution in [2.24, 2.45) is 5.92 Å². The number of aliphatic carboxylic acids is 1. The smallest absolute Gasteiger partial charge is 0.307 e. The number of carbonyl (C=O) groups is 3. The number of carbonyl (C=O) groups excluding carboxylic acids is 2. The molecule has 1 fully saturated rings. The van der Waals surface area contributed by atoms with Gasteiger partial charge in [-0.25, -0.2) is 0 Å². The van der Waals surface area contributed by atoms with Crippen molar-refractivity contribution < 1.29 is 19.5 Å². The van der Waals surface area contributed by atoms with E-state index in [4.69, 9.17) is 5.11 Å². The van der Waals surface area contributed by atoms with Crippen molar-refractivity contribution in [1.82, 2.24) is 4.90 Å². The third-order valence-electron chi connectivity index (χ3n) is 5.31. The number of carboxylic acid groups (broad SMARTS) is 1. The highest BCUT2D eigenvalue weighted by Gasteiger charge is 2.27. The molecule has 1 saturated heterocycles. The Hall–Kier alpha value is -3.15. The second-order valence-corrected chi connectivity index (χ2v) is 7.36. The SMILES string of the molecule is O=C(O)Cc1ccccc1NC(=O)C1CCN(C(=O)CCc2ccccc2)CC1. The lowest BCUT2D eigenvalue weighted by Gasteiger charge is -2.31. The fourth-order valence-corrected chi connectivity index (χ4v) is 3.64. The summed E-state index contributed by atoms with van der Waals surface area (Å²) in [5.74, 6) is -1.10. The number of rotatable bonds is 7. The van der Waals surface area contributed by atoms with Crippen molar-refractivity contribution >= 4 is 23.5 Å². The van der Waals surface area contributed by atoms with Crippen molar-refractivity contribution in [3.8, 4) is 0 Å². The number of carboxylic acids is 1. The first kappa shape index (κ1) is 20.6. The van der Waals surface area contributed by atoms with Crippen LogP contribution in [-0.2, 0) is 27.2 Å². The fraction of sp³-hybridized carbons (Fsp3) is 0.348. The van der Waals surface area contributed by atoms with Crippen LogP contribution in [0.4, 0.5) is 5.69 Å². The number of para-hydroxylation sites is 1. The molecule has 29 heavy (non-hydrogen) atoms. The molecular weight excluding hydrogens is 368 g/mol. The van der Waals surface area contributed by atoms with E-state index in [-0.39, 0.29) is 24.2 Å². The molecular formula is C23H26N2O4. The summed E-state index contributed by atoms with van der Waals surface area (Å²) < 4.78 is 0. The largest absolute Gasteiger partial charge is 0.481 e. The molecule has 1 heterocycles. The molecule has 2 N–H and O–H groups in total. The van der Waals surface area contributed by atoms with E-state index in [9.17, 15) is 14.4 Å². The lowest BCUT2D eigenvalue weighted by molar-refractivity contribution is -0.136. The van der Waals surface area contributed by atoms with Crippen LogP contribution in [0.2, 0.25) is 0 Å². The van der Waals surface area contributed by atoms with Gasteiger partial charge in [-0.1, -0.05) is 48.5 Å². The third kappa shape index (κ3) is 5.91. The Bertz CT molecular complexity index is 858. The van der Waals surface area contributed by atoms with Gasteiger partial charge in [0.1, 0.15) is 0 Å². The van der Waals surface area contributed by atoms with Crippen LogP contribution in [0.3, 0.4) is 0 Å². The minimum atomic E-state index is -0.936. The van der Waals surface area contributed by atoms with Crippen molar-refractivity contribution in [2.45, 2.75) is 32.1 Å². The standard InChI is InChI=1S/C23H26N2O4/c26-21(11-10-17-6-2-1-3-7-17)25-14-12-18(13-15-25)23(29)24-20-9-5-4-8-19(20)16-22(27)28/h1-9,18H,10-16H2,(H,24,29)(H,27,28). The molecule has 6 heteroatoms. The molecule has 1 aliphatic heterocycles. The van der Waals surface area contributed by atoms with Gasteiger partial charge in [0.2, 0.25) is 11.8 Å². The predicted molar refractivity (Wildman–Crippen MR) is 110 cm³/mol. The molecule has 0 spiro atoms. The monoisotopic (exact) mass is 394 g/mol. The van der Waals surface area contributed by atoms with E-state index in [0.717, 1.165) is 12.0 Å². The van der Waals surface area contributed by atoms with E-state index in [1.807, 2.05) is 35.2 Å². The van der Waals surface area contributed by atoms with Crippen LogP contribution < -0.4 is 5.32 Å². The lowest BCUT2D eigenvalue weighted by Crippen LogP contribution is -2.41. The van der Waals surface area contributed by atoms with E-state index >= 15 is 0 Å². The van der Waals surface area contributed by atoms with Gasteiger partial charge in [0.05, 0.1) is 6.42 Å². The zero-order valence-electron chi connectivity index (χ0n) is 16.3. The second-order valence-electron chi connectivity index (χ2n) is 7.36. The summed E-state index contributed by atoms with van der Waals surface area (Å²) >= 11 is 0. The zero-order chi connectivity index (χ0) is 20.6. The van der Waals surface area contributed by atoms with Crippen molar-refractivity contribution in [1.29, 1.82) is 0 Å². The topological polar surface area (TPSA) is 86.7 Å². The highest BCUT2D eigenvalue weighted by atomic mass is 16.4. The number of aryl methyl sites for hydroxylation is 1. The zero-order valence-corrected chi connectivity index (χ0v) is 16.3. The third-order valence-corrected chi connectivity index (χ3v) is 5.31. The number of hydrogen-bond acceptors (Lipinski definition) is 3. The summed E-state index contributed by atoms with van der Waals surface area (Å²) in [6, 6.07) is 16.9. The van der Waals surface area contributed by atoms with Crippen LogP contribution >= 0.6 is 0 Å². The normalized spacial score (nSPS) is 14.4. The van der Waals surface area contributed by atoms with Gasteiger partial charge in [-0.3, -0.25) is 14.4 Å². The summed E-state index contributed by atoms with van der Waals surface area (Å²) in [5, 5.41) is 11.9. The summed E-state index contributed by atoms with van der Waals surface area (Å²) in [7, 11) is 0. The number of hydrogen-bond donors (Lipinski definition) is 2. The van der Waals surface area contributed by atoms with Crippen molar-refractivity contribution in [3.05, 3.63) is 65.7 Å². The molecule has 0 unspecified atom stereocenters. The van der Waals surface area contributed by atoms with Crippen LogP contribution in [0.25, 0.3) is 0 Å². The van der Waals surface area contributed by atoms with E-state index in [1.54, 1.807) is 24.3 Å². The highest BCUT2D eigenvalue weighted by Crippen LogP contribution is 2.22. The maximum atomic E-state index is 12.6. The van der Waals surface area contributed by atoms with Crippen molar-refractivity contribution in [3.63, 3.8) is 0 Å². The maximum Gasteiger partial charge on any atom is 0.307 e. The van der Waals surface area contributed by atoms with Gasteiger partial charge in [-0.2, -0.15) is 0 Å². The Balaban J connectivity index is 1.48. The average Bonchev–Trinajstić information content (AvgIpc) is 2.74. The Morgan fingerprint density at radius 2 is 1.62 bits per heavy atom. The quantitative estimate of drug-likeness (QED) is 0.755. The van der Waals surface area contributed by atoms with Gasteiger partial charge >= 0.3 is 5.97 Å². The molecule has 0 aliphatic carbocycles. The van der Waals surface area contributed by atoms with E-state index in [2.05, 4.69) is 5.32 Å². The molecule has 6 nitrogen and oxygen atoms in total. The first-order chi connectivity index (χ1) is 14.0. The minimum absolute atomic E-state index is 0.112. The van der Waals surface area contributed by atoms with Crippen LogP contribution in [0.1, 0.15) is 30.4 Å². The number of piperidine rings is 1. The van der Waals surface area contributed by atoms with E-state index in [1.165, 1.54) is 0 Å². The Morgan fingerprint density at radius 3 is 2.31 bits per heavy atom. The van der Waals surface area contributed by atoms with Gasteiger partial charge in [-0.05, 0) is 36.5 Å². The average molecular weight is 394 g/mol. The summed E-state index contributed by atoms with van der Waals surface area (Å²) in [6.45, 7) is 1.14. The van der Waals surface area contributed by atoms with Crippen LogP contribution in [0.15, 0.2) is 54.6 Å². The molecule has 0 saturated carbocycles. The molecule has 0 bridgehead atoms. The fourth-order valence-electron chi connectivity index (χ4n) is 3.64. The minimum Gasteiger partial charge on any atom is -0.481 e. The molecule has 0 radical (unpaired) electrons. The van der Waals surface area contributed by atoms with Crippen LogP contribution in [0.5, 0.6) is 0 Å². The summed E-state index contributed by atoms with van der Waals surface area (Å²) in [4.78, 5) is 37.9. The number of anilines is 1. The lowest BCUT2D eigenvalue weighted by atomic mass is 9.95.